The van der Waals surface area contributed by atoms with E-state index in [1.54, 1.807) is 0 Å². The molecule has 1 rings (SSSR count). The number of ether oxygens (including phenoxy) is 1. The van der Waals surface area contributed by atoms with Gasteiger partial charge in [-0.2, -0.15) is 0 Å². The Hall–Kier alpha value is -0.570. The smallest absolute Gasteiger partial charge is 0.332 e. The van der Waals surface area contributed by atoms with E-state index in [4.69, 9.17) is 5.11 Å². The van der Waals surface area contributed by atoms with Gasteiger partial charge in [0.1, 0.15) is 0 Å². The van der Waals surface area contributed by atoms with E-state index < -0.39 is 12.1 Å². The van der Waals surface area contributed by atoms with Crippen molar-refractivity contribution in [1.29, 1.82) is 0 Å². The maximum atomic E-state index is 9.84. The molecule has 0 bridgehead atoms. The lowest BCUT2D eigenvalue weighted by Crippen LogP contribution is -2.31. The maximum Gasteiger partial charge on any atom is 0.332 e. The summed E-state index contributed by atoms with van der Waals surface area (Å²) in [6.07, 6.45) is -0.00463. The van der Waals surface area contributed by atoms with Crippen LogP contribution in [-0.4, -0.2) is 17.2 Å². The normalized spacial score (nSPS) is 28.9. The average molecular weight is 101 g/mol. The van der Waals surface area contributed by atoms with Crippen LogP contribution in [0.15, 0.2) is 0 Å². The molecule has 0 spiro atoms. The number of carboxylic acids is 1. The van der Waals surface area contributed by atoms with Gasteiger partial charge in [0.15, 0.2) is 6.10 Å². The molecular formula is C4H5O3. The highest BCUT2D eigenvalue weighted by atomic mass is 16.5. The van der Waals surface area contributed by atoms with Gasteiger partial charge in [0.05, 0.1) is 6.61 Å². The molecule has 1 unspecified atom stereocenters. The molecule has 1 atom stereocenters. The zero-order valence-electron chi connectivity index (χ0n) is 3.63. The summed E-state index contributed by atoms with van der Waals surface area (Å²) in [7, 11) is 0. The van der Waals surface area contributed by atoms with Gasteiger partial charge in [-0.1, -0.05) is 0 Å². The number of carbonyl (C=O) groups is 1. The fourth-order valence-electron chi connectivity index (χ4n) is 0.351. The van der Waals surface area contributed by atoms with Crippen molar-refractivity contribution in [3.05, 3.63) is 6.61 Å². The predicted octanol–water partition coefficient (Wildman–Crippen LogP) is 0.0217. The van der Waals surface area contributed by atoms with E-state index >= 15 is 0 Å². The van der Waals surface area contributed by atoms with Crippen molar-refractivity contribution in [3.63, 3.8) is 0 Å². The van der Waals surface area contributed by atoms with Crippen LogP contribution in [0.3, 0.4) is 0 Å². The Kier molecular flexibility index (Phi) is 0.982. The van der Waals surface area contributed by atoms with Crippen LogP contribution in [0.5, 0.6) is 0 Å². The highest BCUT2D eigenvalue weighted by Gasteiger charge is 2.25. The van der Waals surface area contributed by atoms with Gasteiger partial charge in [0, 0.05) is 6.42 Å². The summed E-state index contributed by atoms with van der Waals surface area (Å²) in [6, 6.07) is 0. The van der Waals surface area contributed by atoms with Gasteiger partial charge in [-0.25, -0.2) is 4.79 Å². The molecule has 0 aromatic heterocycles. The Morgan fingerprint density at radius 2 is 2.57 bits per heavy atom. The van der Waals surface area contributed by atoms with Gasteiger partial charge >= 0.3 is 5.97 Å². The fraction of sp³-hybridized carbons (Fsp3) is 0.500. The first-order chi connectivity index (χ1) is 3.30. The largest absolute Gasteiger partial charge is 0.479 e. The molecule has 0 saturated carbocycles. The van der Waals surface area contributed by atoms with Crippen LogP contribution in [0.2, 0.25) is 0 Å². The van der Waals surface area contributed by atoms with Crippen LogP contribution in [0, 0.1) is 6.61 Å². The molecule has 0 aliphatic carbocycles. The van der Waals surface area contributed by atoms with E-state index in [9.17, 15) is 4.79 Å². The number of hydrogen-bond donors (Lipinski definition) is 1. The van der Waals surface area contributed by atoms with Crippen LogP contribution in [0.1, 0.15) is 6.42 Å². The molecule has 3 nitrogen and oxygen atoms in total. The standard InChI is InChI=1S/C4H5O3/c5-4(6)3-1-2-7-3/h2-3H,1H2,(H,5,6). The highest BCUT2D eigenvalue weighted by molar-refractivity contribution is 5.73. The zero-order valence-corrected chi connectivity index (χ0v) is 3.63. The van der Waals surface area contributed by atoms with Crippen molar-refractivity contribution >= 4 is 5.97 Å². The third kappa shape index (κ3) is 0.718. The summed E-state index contributed by atoms with van der Waals surface area (Å²) in [4.78, 5) is 9.84. The molecule has 0 aromatic carbocycles. The van der Waals surface area contributed by atoms with Gasteiger partial charge < -0.3 is 9.84 Å². The van der Waals surface area contributed by atoms with Gasteiger partial charge in [-0.15, -0.1) is 0 Å². The van der Waals surface area contributed by atoms with Crippen molar-refractivity contribution in [2.75, 3.05) is 0 Å². The molecule has 3 heteroatoms. The van der Waals surface area contributed by atoms with Gasteiger partial charge in [0.25, 0.3) is 0 Å². The second kappa shape index (κ2) is 1.50. The minimum atomic E-state index is -0.873. The Labute approximate surface area is 40.9 Å². The molecule has 1 fully saturated rings. The fourth-order valence-corrected chi connectivity index (χ4v) is 0.351. The molecule has 1 radical (unpaired) electrons. The van der Waals surface area contributed by atoms with E-state index in [0.717, 1.165) is 0 Å². The van der Waals surface area contributed by atoms with Gasteiger partial charge in [0.2, 0.25) is 0 Å². The topological polar surface area (TPSA) is 46.5 Å². The molecule has 1 aliphatic heterocycles. The lowest BCUT2D eigenvalue weighted by Gasteiger charge is -2.20. The van der Waals surface area contributed by atoms with E-state index in [1.165, 1.54) is 6.61 Å². The Morgan fingerprint density at radius 3 is 2.57 bits per heavy atom. The minimum absolute atomic E-state index is 0.551. The summed E-state index contributed by atoms with van der Waals surface area (Å²) in [5.41, 5.74) is 0. The average Bonchev–Trinajstić information content (AvgIpc) is 1.23. The molecule has 0 aromatic rings. The van der Waals surface area contributed by atoms with Gasteiger partial charge in [-0.05, 0) is 0 Å². The summed E-state index contributed by atoms with van der Waals surface area (Å²) in [5.74, 6) is -0.873. The SMILES string of the molecule is O=C(O)C1C[CH]O1. The Bertz CT molecular complexity index is 84.9. The van der Waals surface area contributed by atoms with Crippen molar-refractivity contribution in [2.24, 2.45) is 0 Å². The van der Waals surface area contributed by atoms with Crippen LogP contribution in [0.25, 0.3) is 0 Å². The lowest BCUT2D eigenvalue weighted by molar-refractivity contribution is -0.155. The highest BCUT2D eigenvalue weighted by Crippen LogP contribution is 2.14. The molecule has 7 heavy (non-hydrogen) atoms. The number of hydrogen-bond acceptors (Lipinski definition) is 2. The second-order valence-electron chi connectivity index (χ2n) is 1.37. The summed E-state index contributed by atoms with van der Waals surface area (Å²) >= 11 is 0. The molecular weight excluding hydrogens is 96.0 g/mol. The van der Waals surface area contributed by atoms with Crippen LogP contribution >= 0.6 is 0 Å². The van der Waals surface area contributed by atoms with E-state index in [0.29, 0.717) is 6.42 Å². The summed E-state index contributed by atoms with van der Waals surface area (Å²) in [6.45, 7) is 1.48. The third-order valence-corrected chi connectivity index (χ3v) is 0.846. The lowest BCUT2D eigenvalue weighted by atomic mass is 10.2. The van der Waals surface area contributed by atoms with Crippen molar-refractivity contribution in [1.82, 2.24) is 0 Å². The summed E-state index contributed by atoms with van der Waals surface area (Å²) < 4.78 is 4.47. The van der Waals surface area contributed by atoms with E-state index in [1.807, 2.05) is 0 Å². The molecule has 1 aliphatic rings. The molecule has 1 saturated heterocycles. The Morgan fingerprint density at radius 1 is 2.00 bits per heavy atom. The molecule has 1 N–H and O–H groups in total. The third-order valence-electron chi connectivity index (χ3n) is 0.846. The predicted molar refractivity (Wildman–Crippen MR) is 21.4 cm³/mol. The first-order valence-electron chi connectivity index (χ1n) is 2.00. The monoisotopic (exact) mass is 101 g/mol. The van der Waals surface area contributed by atoms with E-state index in [2.05, 4.69) is 4.74 Å². The Balaban J connectivity index is 2.27. The maximum absolute atomic E-state index is 9.84. The van der Waals surface area contributed by atoms with Gasteiger partial charge in [-0.3, -0.25) is 0 Å². The van der Waals surface area contributed by atoms with Crippen molar-refractivity contribution in [3.8, 4) is 0 Å². The minimum Gasteiger partial charge on any atom is -0.479 e. The first-order valence-corrected chi connectivity index (χ1v) is 2.00. The second-order valence-corrected chi connectivity index (χ2v) is 1.37. The zero-order chi connectivity index (χ0) is 5.28. The number of aliphatic carboxylic acids is 1. The first kappa shape index (κ1) is 4.59. The van der Waals surface area contributed by atoms with E-state index in [-0.39, 0.29) is 0 Å². The number of rotatable bonds is 1. The van der Waals surface area contributed by atoms with Crippen LogP contribution in [-0.2, 0) is 9.53 Å². The molecule has 0 amide bonds. The van der Waals surface area contributed by atoms with Crippen molar-refractivity contribution in [2.45, 2.75) is 12.5 Å². The molecule has 39 valence electrons. The van der Waals surface area contributed by atoms with Crippen molar-refractivity contribution < 1.29 is 14.6 Å². The number of carboxylic acid groups (broad SMARTS) is 1. The quantitative estimate of drug-likeness (QED) is 0.506. The molecule has 1 heterocycles. The van der Waals surface area contributed by atoms with Crippen LogP contribution in [0.4, 0.5) is 0 Å². The van der Waals surface area contributed by atoms with Crippen LogP contribution < -0.4 is 0 Å². The summed E-state index contributed by atoms with van der Waals surface area (Å²) in [5, 5.41) is 8.09.